The number of imidazole rings is 1. The lowest BCUT2D eigenvalue weighted by Crippen LogP contribution is -2.44. The highest BCUT2D eigenvalue weighted by Gasteiger charge is 2.27. The first-order valence-electron chi connectivity index (χ1n) is 9.91. The van der Waals surface area contributed by atoms with Crippen LogP contribution in [0.15, 0.2) is 42.6 Å². The van der Waals surface area contributed by atoms with Crippen molar-refractivity contribution in [2.45, 2.75) is 32.2 Å². The third kappa shape index (κ3) is 4.07. The number of aromatic amines is 1. The van der Waals surface area contributed by atoms with Crippen LogP contribution in [0.1, 0.15) is 35.8 Å². The van der Waals surface area contributed by atoms with E-state index in [1.54, 1.807) is 6.20 Å². The van der Waals surface area contributed by atoms with Gasteiger partial charge in [0.1, 0.15) is 5.82 Å². The fraction of sp³-hybridized carbons (Fsp3) is 0.409. The molecule has 1 aliphatic heterocycles. The van der Waals surface area contributed by atoms with E-state index in [4.69, 9.17) is 4.98 Å². The number of hydrogen-bond donors (Lipinski definition) is 1. The maximum atomic E-state index is 12.8. The van der Waals surface area contributed by atoms with Crippen molar-refractivity contribution < 1.29 is 4.79 Å². The van der Waals surface area contributed by atoms with E-state index < -0.39 is 0 Å². The van der Waals surface area contributed by atoms with Crippen molar-refractivity contribution in [2.24, 2.45) is 0 Å². The molecule has 0 unspecified atom stereocenters. The molecule has 2 aromatic heterocycles. The number of piperidine rings is 1. The van der Waals surface area contributed by atoms with Gasteiger partial charge >= 0.3 is 0 Å². The molecule has 0 saturated carbocycles. The third-order valence-corrected chi connectivity index (χ3v) is 5.46. The molecule has 146 valence electrons. The summed E-state index contributed by atoms with van der Waals surface area (Å²) in [6, 6.07) is 12.1. The van der Waals surface area contributed by atoms with Gasteiger partial charge in [-0.1, -0.05) is 18.2 Å². The number of H-pyrrole nitrogens is 1. The number of likely N-dealkylation sites (tertiary alicyclic amines) is 1. The van der Waals surface area contributed by atoms with E-state index in [1.165, 1.54) is 5.56 Å². The van der Waals surface area contributed by atoms with Crippen LogP contribution in [0.25, 0.3) is 11.0 Å². The summed E-state index contributed by atoms with van der Waals surface area (Å²) in [6.45, 7) is 4.72. The van der Waals surface area contributed by atoms with Gasteiger partial charge < -0.3 is 9.88 Å². The van der Waals surface area contributed by atoms with Crippen molar-refractivity contribution in [1.82, 2.24) is 24.8 Å². The Bertz CT molecular complexity index is 952. The van der Waals surface area contributed by atoms with Gasteiger partial charge in [-0.25, -0.2) is 4.98 Å². The van der Waals surface area contributed by atoms with Crippen LogP contribution in [-0.2, 0) is 11.3 Å². The van der Waals surface area contributed by atoms with E-state index >= 15 is 0 Å². The summed E-state index contributed by atoms with van der Waals surface area (Å²) in [6.07, 6.45) is 3.86. The number of nitrogens with one attached hydrogen (secondary N) is 1. The molecule has 0 spiro atoms. The fourth-order valence-corrected chi connectivity index (χ4v) is 3.97. The number of likely N-dealkylation sites (N-methyl/N-ethyl adjacent to an activating group) is 1. The lowest BCUT2D eigenvalue weighted by molar-refractivity contribution is -0.133. The summed E-state index contributed by atoms with van der Waals surface area (Å²) in [7, 11) is 1.97. The van der Waals surface area contributed by atoms with Crippen molar-refractivity contribution in [3.63, 3.8) is 0 Å². The number of fused-ring (bicyclic) bond motifs is 1. The number of carbonyl (C=O) groups excluding carboxylic acids is 1. The topological polar surface area (TPSA) is 65.1 Å². The number of nitrogens with zero attached hydrogens (tertiary/aromatic N) is 4. The highest BCUT2D eigenvalue weighted by molar-refractivity contribution is 5.79. The molecule has 1 aliphatic rings. The number of rotatable bonds is 5. The zero-order valence-corrected chi connectivity index (χ0v) is 16.6. The maximum absolute atomic E-state index is 12.8. The third-order valence-electron chi connectivity index (χ3n) is 5.46. The summed E-state index contributed by atoms with van der Waals surface area (Å²) in [4.78, 5) is 29.5. The molecule has 0 radical (unpaired) electrons. The second kappa shape index (κ2) is 8.10. The van der Waals surface area contributed by atoms with Crippen molar-refractivity contribution in [3.8, 4) is 0 Å². The largest absolute Gasteiger partial charge is 0.342 e. The van der Waals surface area contributed by atoms with Gasteiger partial charge in [-0.2, -0.15) is 0 Å². The molecule has 6 nitrogen and oxygen atoms in total. The van der Waals surface area contributed by atoms with E-state index in [0.29, 0.717) is 13.1 Å². The van der Waals surface area contributed by atoms with Crippen LogP contribution in [0.3, 0.4) is 0 Å². The Balaban J connectivity index is 1.40. The average Bonchev–Trinajstić information content (AvgIpc) is 3.15. The van der Waals surface area contributed by atoms with Gasteiger partial charge in [-0.05, 0) is 50.6 Å². The average molecular weight is 377 g/mol. The maximum Gasteiger partial charge on any atom is 0.236 e. The molecule has 1 saturated heterocycles. The van der Waals surface area contributed by atoms with Gasteiger partial charge in [0.2, 0.25) is 5.91 Å². The first-order valence-corrected chi connectivity index (χ1v) is 9.91. The summed E-state index contributed by atoms with van der Waals surface area (Å²) in [5.41, 5.74) is 4.27. The number of amides is 1. The Kier molecular flexibility index (Phi) is 5.39. The second-order valence-electron chi connectivity index (χ2n) is 7.77. The summed E-state index contributed by atoms with van der Waals surface area (Å²) in [5.74, 6) is 1.45. The number of para-hydroxylation sites is 1. The van der Waals surface area contributed by atoms with Crippen LogP contribution >= 0.6 is 0 Å². The highest BCUT2D eigenvalue weighted by atomic mass is 16.2. The Morgan fingerprint density at radius 3 is 2.96 bits per heavy atom. The van der Waals surface area contributed by atoms with Gasteiger partial charge in [-0.3, -0.25) is 14.7 Å². The fourth-order valence-electron chi connectivity index (χ4n) is 3.97. The number of benzene rings is 1. The Labute approximate surface area is 165 Å². The van der Waals surface area contributed by atoms with E-state index in [0.717, 1.165) is 48.5 Å². The van der Waals surface area contributed by atoms with Gasteiger partial charge in [0.15, 0.2) is 0 Å². The van der Waals surface area contributed by atoms with Crippen molar-refractivity contribution in [1.29, 1.82) is 0 Å². The normalized spacial score (nSPS) is 17.4. The summed E-state index contributed by atoms with van der Waals surface area (Å²) >= 11 is 0. The van der Waals surface area contributed by atoms with Crippen LogP contribution in [-0.4, -0.2) is 57.3 Å². The first kappa shape index (κ1) is 18.6. The monoisotopic (exact) mass is 377 g/mol. The number of carbonyl (C=O) groups is 1. The second-order valence-corrected chi connectivity index (χ2v) is 7.77. The molecule has 1 amide bonds. The Morgan fingerprint density at radius 2 is 2.18 bits per heavy atom. The molecule has 1 N–H and O–H groups in total. The smallest absolute Gasteiger partial charge is 0.236 e. The lowest BCUT2D eigenvalue weighted by Gasteiger charge is -2.33. The predicted molar refractivity (Wildman–Crippen MR) is 110 cm³/mol. The van der Waals surface area contributed by atoms with Gasteiger partial charge in [0.25, 0.3) is 0 Å². The minimum absolute atomic E-state index is 0.176. The van der Waals surface area contributed by atoms with Crippen LogP contribution < -0.4 is 0 Å². The minimum Gasteiger partial charge on any atom is -0.342 e. The van der Waals surface area contributed by atoms with E-state index in [2.05, 4.69) is 29.0 Å². The van der Waals surface area contributed by atoms with Crippen molar-refractivity contribution in [2.75, 3.05) is 26.7 Å². The number of pyridine rings is 1. The number of aryl methyl sites for hydroxylation is 1. The standard InChI is InChI=1S/C22H27N5O/c1-16-7-5-10-19-21(16)25-22(24-19)17-8-6-12-27(13-17)20(28)15-26(2)14-18-9-3-4-11-23-18/h3-5,7,9-11,17H,6,8,12-15H2,1-2H3,(H,24,25)/t17-/m1/s1. The molecule has 3 aromatic rings. The highest BCUT2D eigenvalue weighted by Crippen LogP contribution is 2.27. The van der Waals surface area contributed by atoms with Crippen molar-refractivity contribution in [3.05, 3.63) is 59.7 Å². The molecule has 28 heavy (non-hydrogen) atoms. The van der Waals surface area contributed by atoms with Gasteiger partial charge in [-0.15, -0.1) is 0 Å². The predicted octanol–water partition coefficient (Wildman–Crippen LogP) is 3.10. The molecule has 1 aromatic carbocycles. The number of aromatic nitrogens is 3. The molecule has 0 bridgehead atoms. The minimum atomic E-state index is 0.176. The summed E-state index contributed by atoms with van der Waals surface area (Å²) in [5, 5.41) is 0. The zero-order chi connectivity index (χ0) is 19.5. The van der Waals surface area contributed by atoms with E-state index in [9.17, 15) is 4.79 Å². The molecule has 6 heteroatoms. The van der Waals surface area contributed by atoms with E-state index in [1.807, 2.05) is 41.1 Å². The molecular formula is C22H27N5O. The molecule has 0 aliphatic carbocycles. The van der Waals surface area contributed by atoms with Crippen LogP contribution in [0.5, 0.6) is 0 Å². The quantitative estimate of drug-likeness (QED) is 0.742. The number of hydrogen-bond acceptors (Lipinski definition) is 4. The SMILES string of the molecule is Cc1cccc2[nH]c([C@@H]3CCCN(C(=O)CN(C)Cc4ccccn4)C3)nc12. The molecule has 4 rings (SSSR count). The first-order chi connectivity index (χ1) is 13.6. The molecule has 1 atom stereocenters. The summed E-state index contributed by atoms with van der Waals surface area (Å²) < 4.78 is 0. The molecule has 3 heterocycles. The van der Waals surface area contributed by atoms with Crippen molar-refractivity contribution >= 4 is 16.9 Å². The Morgan fingerprint density at radius 1 is 1.29 bits per heavy atom. The lowest BCUT2D eigenvalue weighted by atomic mass is 9.97. The van der Waals surface area contributed by atoms with Gasteiger partial charge in [0.05, 0.1) is 23.3 Å². The molecule has 1 fully saturated rings. The van der Waals surface area contributed by atoms with Gasteiger partial charge in [0, 0.05) is 31.7 Å². The van der Waals surface area contributed by atoms with E-state index in [-0.39, 0.29) is 11.8 Å². The van der Waals surface area contributed by atoms with Crippen LogP contribution in [0.2, 0.25) is 0 Å². The van der Waals surface area contributed by atoms with Crippen LogP contribution in [0.4, 0.5) is 0 Å². The zero-order valence-electron chi connectivity index (χ0n) is 16.6. The Hall–Kier alpha value is -2.73. The van der Waals surface area contributed by atoms with Crippen LogP contribution in [0, 0.1) is 6.92 Å². The molecular weight excluding hydrogens is 350 g/mol.